The van der Waals surface area contributed by atoms with Crippen LogP contribution in [0.1, 0.15) is 44.5 Å². The molecule has 9 nitrogen and oxygen atoms in total. The molecule has 0 bridgehead atoms. The number of esters is 1. The van der Waals surface area contributed by atoms with E-state index in [4.69, 9.17) is 13.9 Å². The molecule has 190 valence electrons. The molecule has 0 fully saturated rings. The van der Waals surface area contributed by atoms with Gasteiger partial charge in [0.15, 0.2) is 6.20 Å². The van der Waals surface area contributed by atoms with Gasteiger partial charge in [-0.1, -0.05) is 6.07 Å². The molecule has 0 aliphatic rings. The number of aryl methyl sites for hydroxylation is 2. The maximum absolute atomic E-state index is 13.5. The van der Waals surface area contributed by atoms with Crippen LogP contribution in [0.25, 0.3) is 11.0 Å². The van der Waals surface area contributed by atoms with Crippen LogP contribution < -0.4 is 20.6 Å². The Kier molecular flexibility index (Phi) is 7.64. The summed E-state index contributed by atoms with van der Waals surface area (Å²) in [6.07, 6.45) is 1.67. The molecule has 0 spiro atoms. The third-order valence-corrected chi connectivity index (χ3v) is 5.74. The third-order valence-electron chi connectivity index (χ3n) is 5.74. The van der Waals surface area contributed by atoms with E-state index in [1.54, 1.807) is 55.6 Å². The number of H-pyrrole nitrogens is 1. The highest BCUT2D eigenvalue weighted by atomic mass is 16.5. The number of aromatic nitrogens is 1. The van der Waals surface area contributed by atoms with Crippen LogP contribution >= 0.6 is 0 Å². The van der Waals surface area contributed by atoms with Gasteiger partial charge in [0.25, 0.3) is 5.91 Å². The first-order valence-electron chi connectivity index (χ1n) is 11.7. The minimum atomic E-state index is -0.467. The molecule has 0 saturated carbocycles. The van der Waals surface area contributed by atoms with E-state index in [1.165, 1.54) is 7.11 Å². The molecule has 1 amide bonds. The number of methoxy groups -OCH3 is 1. The summed E-state index contributed by atoms with van der Waals surface area (Å²) in [6, 6.07) is 13.6. The van der Waals surface area contributed by atoms with Crippen LogP contribution in [0.15, 0.2) is 64.1 Å². The number of carbonyl (C=O) groups is 2. The predicted octanol–water partition coefficient (Wildman–Crippen LogP) is 4.03. The van der Waals surface area contributed by atoms with Crippen molar-refractivity contribution in [3.8, 4) is 5.75 Å². The summed E-state index contributed by atoms with van der Waals surface area (Å²) in [5.74, 6) is -0.392. The molecule has 2 aromatic heterocycles. The first kappa shape index (κ1) is 25.6. The number of aromatic amines is 1. The van der Waals surface area contributed by atoms with Gasteiger partial charge in [0.2, 0.25) is 16.8 Å². The Bertz CT molecular complexity index is 1540. The van der Waals surface area contributed by atoms with Crippen LogP contribution in [0.4, 0.5) is 11.4 Å². The van der Waals surface area contributed by atoms with Gasteiger partial charge in [-0.15, -0.1) is 0 Å². The van der Waals surface area contributed by atoms with Crippen LogP contribution in [0.5, 0.6) is 5.75 Å². The van der Waals surface area contributed by atoms with Crippen molar-refractivity contribution in [1.82, 2.24) is 0 Å². The van der Waals surface area contributed by atoms with Crippen LogP contribution in [-0.4, -0.2) is 30.7 Å². The van der Waals surface area contributed by atoms with Gasteiger partial charge >= 0.3 is 5.97 Å². The second-order valence-electron chi connectivity index (χ2n) is 8.34. The molecule has 3 N–H and O–H groups in total. The fraction of sp³-hybridized carbons (Fsp3) is 0.214. The van der Waals surface area contributed by atoms with E-state index in [1.807, 2.05) is 19.9 Å². The Hall–Kier alpha value is -4.50. The topological polar surface area (TPSA) is 125 Å². The van der Waals surface area contributed by atoms with E-state index in [0.717, 1.165) is 5.56 Å². The summed E-state index contributed by atoms with van der Waals surface area (Å²) in [5.41, 5.74) is 4.25. The zero-order valence-electron chi connectivity index (χ0n) is 21.0. The summed E-state index contributed by atoms with van der Waals surface area (Å²) in [5, 5.41) is 13.3. The minimum Gasteiger partial charge on any atom is -0.495 e. The van der Waals surface area contributed by atoms with Gasteiger partial charge in [-0.05, 0) is 61.9 Å². The van der Waals surface area contributed by atoms with E-state index < -0.39 is 11.9 Å². The average molecular weight is 503 g/mol. The summed E-state index contributed by atoms with van der Waals surface area (Å²) >= 11 is 0. The summed E-state index contributed by atoms with van der Waals surface area (Å²) in [7, 11) is 1.53. The molecule has 0 atom stereocenters. The number of carbonyl (C=O) groups excluding carboxylic acids is 2. The largest absolute Gasteiger partial charge is 0.495 e. The van der Waals surface area contributed by atoms with Gasteiger partial charge in [-0.2, -0.15) is 0 Å². The number of pyridine rings is 1. The van der Waals surface area contributed by atoms with Crippen LogP contribution in [0, 0.1) is 13.8 Å². The number of ether oxygens (including phenoxy) is 2. The molecule has 0 aliphatic carbocycles. The summed E-state index contributed by atoms with van der Waals surface area (Å²) in [6.45, 7) is 5.50. The van der Waals surface area contributed by atoms with Crippen molar-refractivity contribution in [3.05, 3.63) is 88.2 Å². The Labute approximate surface area is 213 Å². The minimum absolute atomic E-state index is 0.0621. The van der Waals surface area contributed by atoms with Crippen molar-refractivity contribution < 1.29 is 33.6 Å². The number of fused-ring (bicyclic) bond motifs is 1. The smallest absolute Gasteiger partial charge is 0.338 e. The van der Waals surface area contributed by atoms with Gasteiger partial charge in [-0.25, -0.2) is 14.8 Å². The van der Waals surface area contributed by atoms with Crippen molar-refractivity contribution in [2.45, 2.75) is 27.4 Å². The van der Waals surface area contributed by atoms with Crippen LogP contribution in [0.3, 0.4) is 0 Å². The Morgan fingerprint density at radius 3 is 2.54 bits per heavy atom. The van der Waals surface area contributed by atoms with Crippen molar-refractivity contribution in [1.29, 1.82) is 0 Å². The molecule has 2 aromatic carbocycles. The lowest BCUT2D eigenvalue weighted by molar-refractivity contribution is -0.386. The van der Waals surface area contributed by atoms with Gasteiger partial charge < -0.3 is 24.3 Å². The van der Waals surface area contributed by atoms with Gasteiger partial charge in [0, 0.05) is 12.3 Å². The highest BCUT2D eigenvalue weighted by Gasteiger charge is 2.19. The van der Waals surface area contributed by atoms with Crippen LogP contribution in [0.2, 0.25) is 0 Å². The SMILES string of the molecule is CCOC(=O)c1ccc(N=c2oc3c(C)[nH+]cc(CO)c3cc2C(=O)Nc2cc(C)ccc2OC)cc1. The lowest BCUT2D eigenvalue weighted by atomic mass is 10.1. The van der Waals surface area contributed by atoms with Gasteiger partial charge in [0.1, 0.15) is 11.3 Å². The van der Waals surface area contributed by atoms with E-state index in [2.05, 4.69) is 15.3 Å². The molecular weight excluding hydrogens is 474 g/mol. The summed E-state index contributed by atoms with van der Waals surface area (Å²) < 4.78 is 16.6. The molecular formula is C28H28N3O6+. The molecule has 37 heavy (non-hydrogen) atoms. The van der Waals surface area contributed by atoms with Crippen molar-refractivity contribution in [3.63, 3.8) is 0 Å². The number of amides is 1. The second-order valence-corrected chi connectivity index (χ2v) is 8.34. The number of nitrogens with zero attached hydrogens (tertiary/aromatic N) is 1. The zero-order valence-corrected chi connectivity index (χ0v) is 21.0. The van der Waals surface area contributed by atoms with Gasteiger partial charge in [-0.3, -0.25) is 4.79 Å². The molecule has 0 saturated heterocycles. The molecule has 4 rings (SSSR count). The van der Waals surface area contributed by atoms with E-state index in [-0.39, 0.29) is 24.3 Å². The lowest BCUT2D eigenvalue weighted by Gasteiger charge is -2.12. The molecule has 0 radical (unpaired) electrons. The normalized spacial score (nSPS) is 11.4. The van der Waals surface area contributed by atoms with Crippen molar-refractivity contribution in [2.24, 2.45) is 4.99 Å². The molecule has 4 aromatic rings. The zero-order chi connectivity index (χ0) is 26.5. The monoisotopic (exact) mass is 502 g/mol. The third kappa shape index (κ3) is 5.52. The molecule has 0 unspecified atom stereocenters. The quantitative estimate of drug-likeness (QED) is 0.368. The second kappa shape index (κ2) is 11.0. The highest BCUT2D eigenvalue weighted by Crippen LogP contribution is 2.26. The number of nitrogens with one attached hydrogen (secondary N) is 2. The predicted molar refractivity (Wildman–Crippen MR) is 137 cm³/mol. The number of anilines is 1. The van der Waals surface area contributed by atoms with E-state index in [0.29, 0.717) is 44.9 Å². The number of aliphatic hydroxyl groups is 1. The highest BCUT2D eigenvalue weighted by molar-refractivity contribution is 6.06. The first-order valence-corrected chi connectivity index (χ1v) is 11.7. The lowest BCUT2D eigenvalue weighted by Crippen LogP contribution is -2.23. The van der Waals surface area contributed by atoms with Crippen molar-refractivity contribution in [2.75, 3.05) is 19.0 Å². The summed E-state index contributed by atoms with van der Waals surface area (Å²) in [4.78, 5) is 33.2. The maximum Gasteiger partial charge on any atom is 0.338 e. The number of hydrogen-bond donors (Lipinski definition) is 2. The van der Waals surface area contributed by atoms with E-state index in [9.17, 15) is 14.7 Å². The fourth-order valence-electron chi connectivity index (χ4n) is 3.82. The van der Waals surface area contributed by atoms with E-state index >= 15 is 0 Å². The van der Waals surface area contributed by atoms with Crippen LogP contribution in [-0.2, 0) is 11.3 Å². The first-order chi connectivity index (χ1) is 17.8. The number of rotatable bonds is 7. The van der Waals surface area contributed by atoms with Crippen molar-refractivity contribution >= 4 is 34.2 Å². The Morgan fingerprint density at radius 2 is 1.86 bits per heavy atom. The molecule has 2 heterocycles. The Balaban J connectivity index is 1.86. The maximum atomic E-state index is 13.5. The number of aliphatic hydroxyl groups excluding tert-OH is 1. The standard InChI is InChI=1S/C28H27N3O6/c1-5-36-28(34)18-7-9-20(10-8-18)30-27-22(13-21-19(15-32)14-29-17(3)25(21)37-27)26(33)31-23-12-16(2)6-11-24(23)35-4/h6-14,32H,5,15H2,1-4H3,(H,31,33)/p+1. The number of hydrogen-bond acceptors (Lipinski definition) is 7. The molecule has 9 heteroatoms. The average Bonchev–Trinajstić information content (AvgIpc) is 2.89. The number of benzene rings is 2. The van der Waals surface area contributed by atoms with Gasteiger partial charge in [0.05, 0.1) is 42.8 Å². The molecule has 0 aliphatic heterocycles. The Morgan fingerprint density at radius 1 is 1.11 bits per heavy atom. The fourth-order valence-corrected chi connectivity index (χ4v) is 3.82.